The molecule has 2 heteroatoms. The molecule has 0 aromatic rings. The molecule has 0 fully saturated rings. The van der Waals surface area contributed by atoms with Gasteiger partial charge in [-0.3, -0.25) is 0 Å². The molecule has 0 heterocycles. The number of aliphatic hydroxyl groups excluding tert-OH is 2. The molecule has 0 radical (unpaired) electrons. The van der Waals surface area contributed by atoms with Crippen molar-refractivity contribution in [2.75, 3.05) is 13.2 Å². The first kappa shape index (κ1) is 21.7. The lowest BCUT2D eigenvalue weighted by Gasteiger charge is -1.92. The molecular formula is C18H36O2. The van der Waals surface area contributed by atoms with Crippen LogP contribution in [0, 0.1) is 0 Å². The van der Waals surface area contributed by atoms with Gasteiger partial charge in [0, 0.05) is 13.2 Å². The summed E-state index contributed by atoms with van der Waals surface area (Å²) in [6.07, 6.45) is 20.1. The highest BCUT2D eigenvalue weighted by atomic mass is 16.3. The van der Waals surface area contributed by atoms with Crippen molar-refractivity contribution >= 4 is 0 Å². The van der Waals surface area contributed by atoms with Gasteiger partial charge in [0.2, 0.25) is 0 Å². The Balaban J connectivity index is 0. The molecule has 0 spiro atoms. The molecule has 0 unspecified atom stereocenters. The maximum Gasteiger partial charge on any atom is 0.0431 e. The Morgan fingerprint density at radius 3 is 1.25 bits per heavy atom. The number of unbranched alkanes of at least 4 members (excludes halogenated alkanes) is 6. The molecule has 2 N–H and O–H groups in total. The minimum Gasteiger partial charge on any atom is -0.396 e. The standard InChI is InChI=1S/2C9H18O/c2*1-2-3-4-5-6-7-8-9-10/h2*3-4,10H,2,5-9H2,1H3. The van der Waals surface area contributed by atoms with Gasteiger partial charge in [0.1, 0.15) is 0 Å². The minimum absolute atomic E-state index is 0.345. The second-order valence-corrected chi connectivity index (χ2v) is 4.91. The van der Waals surface area contributed by atoms with Crippen molar-refractivity contribution in [3.05, 3.63) is 24.3 Å². The number of aliphatic hydroxyl groups is 2. The van der Waals surface area contributed by atoms with Gasteiger partial charge in [-0.15, -0.1) is 0 Å². The zero-order chi connectivity index (χ0) is 15.3. The second kappa shape index (κ2) is 23.5. The van der Waals surface area contributed by atoms with Crippen molar-refractivity contribution < 1.29 is 10.2 Å². The van der Waals surface area contributed by atoms with Crippen LogP contribution in [-0.4, -0.2) is 23.4 Å². The lowest BCUT2D eigenvalue weighted by molar-refractivity contribution is 0.283. The van der Waals surface area contributed by atoms with Crippen molar-refractivity contribution in [1.29, 1.82) is 0 Å². The van der Waals surface area contributed by atoms with E-state index in [1.165, 1.54) is 25.7 Å². The zero-order valence-electron chi connectivity index (χ0n) is 13.7. The SMILES string of the molecule is CCC=CCCCCCO.CCC=CCCCCCO. The van der Waals surface area contributed by atoms with E-state index in [-0.39, 0.29) is 0 Å². The van der Waals surface area contributed by atoms with Crippen LogP contribution in [0.4, 0.5) is 0 Å². The third kappa shape index (κ3) is 26.1. The van der Waals surface area contributed by atoms with Gasteiger partial charge in [-0.05, 0) is 51.4 Å². The summed E-state index contributed by atoms with van der Waals surface area (Å²) in [5.74, 6) is 0. The topological polar surface area (TPSA) is 40.5 Å². The largest absolute Gasteiger partial charge is 0.396 e. The van der Waals surface area contributed by atoms with Crippen LogP contribution in [0.15, 0.2) is 24.3 Å². The highest BCUT2D eigenvalue weighted by Gasteiger charge is 1.84. The molecule has 0 bridgehead atoms. The van der Waals surface area contributed by atoms with Crippen molar-refractivity contribution in [3.63, 3.8) is 0 Å². The summed E-state index contributed by atoms with van der Waals surface area (Å²) in [5.41, 5.74) is 0. The molecule has 0 atom stereocenters. The molecule has 20 heavy (non-hydrogen) atoms. The lowest BCUT2D eigenvalue weighted by Crippen LogP contribution is -1.81. The minimum atomic E-state index is 0.345. The van der Waals surface area contributed by atoms with Gasteiger partial charge in [0.15, 0.2) is 0 Å². The summed E-state index contributed by atoms with van der Waals surface area (Å²) in [5, 5.41) is 16.9. The molecule has 0 aliphatic heterocycles. The third-order valence-electron chi connectivity index (χ3n) is 2.86. The molecule has 0 saturated carbocycles. The fourth-order valence-corrected chi connectivity index (χ4v) is 1.67. The van der Waals surface area contributed by atoms with E-state index in [4.69, 9.17) is 10.2 Å². The van der Waals surface area contributed by atoms with Crippen LogP contribution in [0.2, 0.25) is 0 Å². The van der Waals surface area contributed by atoms with Crippen LogP contribution in [0.25, 0.3) is 0 Å². The van der Waals surface area contributed by atoms with Crippen LogP contribution >= 0.6 is 0 Å². The van der Waals surface area contributed by atoms with Crippen molar-refractivity contribution in [1.82, 2.24) is 0 Å². The molecule has 0 rings (SSSR count). The van der Waals surface area contributed by atoms with E-state index >= 15 is 0 Å². The van der Waals surface area contributed by atoms with Crippen molar-refractivity contribution in [3.8, 4) is 0 Å². The Hall–Kier alpha value is -0.600. The van der Waals surface area contributed by atoms with E-state index in [0.29, 0.717) is 13.2 Å². The quantitative estimate of drug-likeness (QED) is 0.390. The van der Waals surface area contributed by atoms with E-state index < -0.39 is 0 Å². The number of rotatable bonds is 12. The molecule has 2 nitrogen and oxygen atoms in total. The van der Waals surface area contributed by atoms with Crippen LogP contribution in [0.3, 0.4) is 0 Å². The van der Waals surface area contributed by atoms with Crippen LogP contribution in [-0.2, 0) is 0 Å². The molecule has 0 aliphatic carbocycles. The Bertz CT molecular complexity index is 176. The average Bonchev–Trinajstić information content (AvgIpc) is 2.47. The maximum atomic E-state index is 8.45. The second-order valence-electron chi connectivity index (χ2n) is 4.91. The van der Waals surface area contributed by atoms with Gasteiger partial charge in [-0.1, -0.05) is 51.0 Å². The molecule has 0 saturated heterocycles. The molecule has 0 aliphatic rings. The zero-order valence-corrected chi connectivity index (χ0v) is 13.7. The van der Waals surface area contributed by atoms with Crippen LogP contribution < -0.4 is 0 Å². The predicted octanol–water partition coefficient (Wildman–Crippen LogP) is 5.01. The Labute approximate surface area is 126 Å². The van der Waals surface area contributed by atoms with Gasteiger partial charge >= 0.3 is 0 Å². The smallest absolute Gasteiger partial charge is 0.0431 e. The van der Waals surface area contributed by atoms with Gasteiger partial charge < -0.3 is 10.2 Å². The van der Waals surface area contributed by atoms with E-state index in [9.17, 15) is 0 Å². The van der Waals surface area contributed by atoms with Gasteiger partial charge in [-0.2, -0.15) is 0 Å². The number of hydrogen-bond donors (Lipinski definition) is 2. The van der Waals surface area contributed by atoms with Gasteiger partial charge in [-0.25, -0.2) is 0 Å². The fourth-order valence-electron chi connectivity index (χ4n) is 1.67. The van der Waals surface area contributed by atoms with Gasteiger partial charge in [0.05, 0.1) is 0 Å². The van der Waals surface area contributed by atoms with Crippen LogP contribution in [0.1, 0.15) is 78.1 Å². The summed E-state index contributed by atoms with van der Waals surface area (Å²) in [7, 11) is 0. The molecule has 120 valence electrons. The van der Waals surface area contributed by atoms with E-state index in [2.05, 4.69) is 38.2 Å². The normalized spacial score (nSPS) is 11.0. The lowest BCUT2D eigenvalue weighted by atomic mass is 10.2. The number of allylic oxidation sites excluding steroid dienone is 4. The predicted molar refractivity (Wildman–Crippen MR) is 90.0 cm³/mol. The first-order valence-electron chi connectivity index (χ1n) is 8.35. The highest BCUT2D eigenvalue weighted by molar-refractivity contribution is 4.80. The molecule has 0 aromatic heterocycles. The fraction of sp³-hybridized carbons (Fsp3) is 0.778. The molecule has 0 amide bonds. The molecule has 0 aromatic carbocycles. The van der Waals surface area contributed by atoms with E-state index in [1.54, 1.807) is 0 Å². The molecular weight excluding hydrogens is 248 g/mol. The van der Waals surface area contributed by atoms with Gasteiger partial charge in [0.25, 0.3) is 0 Å². The van der Waals surface area contributed by atoms with Crippen molar-refractivity contribution in [2.24, 2.45) is 0 Å². The van der Waals surface area contributed by atoms with Crippen LogP contribution in [0.5, 0.6) is 0 Å². The monoisotopic (exact) mass is 284 g/mol. The Morgan fingerprint density at radius 2 is 0.950 bits per heavy atom. The maximum absolute atomic E-state index is 8.45. The Morgan fingerprint density at radius 1 is 0.550 bits per heavy atom. The number of hydrogen-bond acceptors (Lipinski definition) is 2. The van der Waals surface area contributed by atoms with Crippen molar-refractivity contribution in [2.45, 2.75) is 78.1 Å². The average molecular weight is 284 g/mol. The first-order chi connectivity index (χ1) is 9.83. The summed E-state index contributed by atoms with van der Waals surface area (Å²) in [6, 6.07) is 0. The summed E-state index contributed by atoms with van der Waals surface area (Å²) < 4.78 is 0. The van der Waals surface area contributed by atoms with E-state index in [1.807, 2.05) is 0 Å². The summed E-state index contributed by atoms with van der Waals surface area (Å²) in [4.78, 5) is 0. The summed E-state index contributed by atoms with van der Waals surface area (Å²) >= 11 is 0. The first-order valence-corrected chi connectivity index (χ1v) is 8.35. The summed E-state index contributed by atoms with van der Waals surface area (Å²) in [6.45, 7) is 4.98. The third-order valence-corrected chi connectivity index (χ3v) is 2.86. The highest BCUT2D eigenvalue weighted by Crippen LogP contribution is 2.00. The Kier molecular flexibility index (Phi) is 25.5. The van der Waals surface area contributed by atoms with E-state index in [0.717, 1.165) is 38.5 Å².